The van der Waals surface area contributed by atoms with Gasteiger partial charge in [0.15, 0.2) is 6.61 Å². The van der Waals surface area contributed by atoms with Gasteiger partial charge < -0.3 is 9.72 Å². The van der Waals surface area contributed by atoms with Gasteiger partial charge in [0.2, 0.25) is 5.43 Å². The Morgan fingerprint density at radius 2 is 2.11 bits per heavy atom. The first-order chi connectivity index (χ1) is 8.92. The Morgan fingerprint density at radius 1 is 1.37 bits per heavy atom. The number of aromatic amines is 1. The van der Waals surface area contributed by atoms with Gasteiger partial charge in [-0.3, -0.25) is 4.79 Å². The van der Waals surface area contributed by atoms with Crippen molar-refractivity contribution in [2.45, 2.75) is 6.18 Å². The average Bonchev–Trinajstić information content (AvgIpc) is 2.36. The first-order valence-corrected chi connectivity index (χ1v) is 5.16. The van der Waals surface area contributed by atoms with E-state index in [0.29, 0.717) is 0 Å². The van der Waals surface area contributed by atoms with E-state index >= 15 is 0 Å². The Hall–Kier alpha value is -2.49. The molecule has 0 aliphatic carbocycles. The minimum absolute atomic E-state index is 0.0867. The summed E-state index contributed by atoms with van der Waals surface area (Å²) in [5.41, 5.74) is -0.523. The lowest BCUT2D eigenvalue weighted by Crippen LogP contribution is -2.19. The van der Waals surface area contributed by atoms with Gasteiger partial charge in [0, 0.05) is 6.20 Å². The van der Waals surface area contributed by atoms with E-state index in [9.17, 15) is 18.0 Å². The van der Waals surface area contributed by atoms with Crippen LogP contribution in [0.4, 0.5) is 13.2 Å². The molecule has 0 spiro atoms. The van der Waals surface area contributed by atoms with Gasteiger partial charge in [-0.05, 0) is 12.1 Å². The summed E-state index contributed by atoms with van der Waals surface area (Å²) in [5, 5.41) is 8.82. The molecule has 0 aliphatic rings. The maximum Gasteiger partial charge on any atom is 0.422 e. The molecule has 1 aromatic heterocycles. The summed E-state index contributed by atoms with van der Waals surface area (Å²) in [6, 6.07) is 5.82. The molecule has 1 heterocycles. The molecular weight excluding hydrogens is 261 g/mol. The van der Waals surface area contributed by atoms with Gasteiger partial charge in [-0.2, -0.15) is 18.4 Å². The van der Waals surface area contributed by atoms with Gasteiger partial charge in [0.05, 0.1) is 10.9 Å². The summed E-state index contributed by atoms with van der Waals surface area (Å²) < 4.78 is 40.9. The molecule has 0 radical (unpaired) electrons. The van der Waals surface area contributed by atoms with Crippen LogP contribution in [-0.4, -0.2) is 17.8 Å². The zero-order chi connectivity index (χ0) is 14.0. The van der Waals surface area contributed by atoms with Crippen LogP contribution in [0.15, 0.2) is 29.2 Å². The number of halogens is 3. The third kappa shape index (κ3) is 2.68. The Balaban J connectivity index is 2.51. The second-order valence-electron chi connectivity index (χ2n) is 3.73. The third-order valence-corrected chi connectivity index (χ3v) is 2.39. The lowest BCUT2D eigenvalue weighted by molar-refractivity contribution is -0.153. The first kappa shape index (κ1) is 13.0. The van der Waals surface area contributed by atoms with E-state index in [0.717, 1.165) is 6.20 Å². The molecule has 2 aromatic rings. The minimum Gasteiger partial charge on any atom is -0.482 e. The number of hydrogen-bond donors (Lipinski definition) is 1. The standard InChI is InChI=1S/C12H7F3N2O2/c13-12(14,15)6-19-9-3-1-2-8-10(9)17-5-7(4-16)11(8)18/h1-3,5H,6H2,(H,17,18). The van der Waals surface area contributed by atoms with Crippen LogP contribution in [0.2, 0.25) is 0 Å². The molecule has 0 aliphatic heterocycles. The molecular formula is C12H7F3N2O2. The largest absolute Gasteiger partial charge is 0.482 e. The fourth-order valence-corrected chi connectivity index (χ4v) is 1.59. The summed E-state index contributed by atoms with van der Waals surface area (Å²) in [5.74, 6) is -0.0867. The second-order valence-corrected chi connectivity index (χ2v) is 3.73. The number of H-pyrrole nitrogens is 1. The topological polar surface area (TPSA) is 65.9 Å². The maximum absolute atomic E-state index is 12.1. The molecule has 2 rings (SSSR count). The molecule has 0 fully saturated rings. The number of pyridine rings is 1. The van der Waals surface area contributed by atoms with E-state index in [1.807, 2.05) is 0 Å². The van der Waals surface area contributed by atoms with Crippen molar-refractivity contribution in [2.75, 3.05) is 6.61 Å². The van der Waals surface area contributed by atoms with Crippen LogP contribution in [0.25, 0.3) is 10.9 Å². The molecule has 0 unspecified atom stereocenters. The molecule has 0 amide bonds. The Kier molecular flexibility index (Phi) is 3.17. The first-order valence-electron chi connectivity index (χ1n) is 5.16. The number of benzene rings is 1. The van der Waals surface area contributed by atoms with Crippen molar-refractivity contribution < 1.29 is 17.9 Å². The van der Waals surface area contributed by atoms with Crippen LogP contribution in [0, 0.1) is 11.3 Å². The molecule has 0 bridgehead atoms. The van der Waals surface area contributed by atoms with Crippen molar-refractivity contribution >= 4 is 10.9 Å². The van der Waals surface area contributed by atoms with E-state index in [1.54, 1.807) is 6.07 Å². The van der Waals surface area contributed by atoms with Crippen molar-refractivity contribution in [1.82, 2.24) is 4.98 Å². The third-order valence-electron chi connectivity index (χ3n) is 2.39. The molecule has 19 heavy (non-hydrogen) atoms. The van der Waals surface area contributed by atoms with E-state index in [4.69, 9.17) is 5.26 Å². The second kappa shape index (κ2) is 4.65. The highest BCUT2D eigenvalue weighted by atomic mass is 19.4. The van der Waals surface area contributed by atoms with Crippen LogP contribution in [0.3, 0.4) is 0 Å². The summed E-state index contributed by atoms with van der Waals surface area (Å²) in [7, 11) is 0. The summed E-state index contributed by atoms with van der Waals surface area (Å²) >= 11 is 0. The van der Waals surface area contributed by atoms with Gasteiger partial charge in [-0.25, -0.2) is 0 Å². The van der Waals surface area contributed by atoms with Crippen LogP contribution in [0.5, 0.6) is 5.75 Å². The molecule has 4 nitrogen and oxygen atoms in total. The number of fused-ring (bicyclic) bond motifs is 1. The number of nitrogens with zero attached hydrogens (tertiary/aromatic N) is 1. The van der Waals surface area contributed by atoms with Crippen molar-refractivity contribution in [1.29, 1.82) is 5.26 Å². The number of hydrogen-bond acceptors (Lipinski definition) is 3. The molecule has 98 valence electrons. The molecule has 1 aromatic carbocycles. The van der Waals surface area contributed by atoms with Crippen LogP contribution in [-0.2, 0) is 0 Å². The van der Waals surface area contributed by atoms with Gasteiger partial charge >= 0.3 is 6.18 Å². The SMILES string of the molecule is N#Cc1c[nH]c2c(OCC(F)(F)F)cccc2c1=O. The van der Waals surface area contributed by atoms with Gasteiger partial charge in [-0.15, -0.1) is 0 Å². The van der Waals surface area contributed by atoms with E-state index in [2.05, 4.69) is 9.72 Å². The lowest BCUT2D eigenvalue weighted by Gasteiger charge is -2.11. The quantitative estimate of drug-likeness (QED) is 0.909. The number of nitrogens with one attached hydrogen (secondary N) is 1. The molecule has 0 saturated heterocycles. The lowest BCUT2D eigenvalue weighted by atomic mass is 10.1. The molecule has 0 saturated carbocycles. The van der Waals surface area contributed by atoms with E-state index in [1.165, 1.54) is 18.2 Å². The van der Waals surface area contributed by atoms with Crippen molar-refractivity contribution in [3.8, 4) is 11.8 Å². The molecule has 7 heteroatoms. The number of alkyl halides is 3. The van der Waals surface area contributed by atoms with Gasteiger partial charge in [0.1, 0.15) is 17.4 Å². The highest BCUT2D eigenvalue weighted by Gasteiger charge is 2.28. The maximum atomic E-state index is 12.1. The van der Waals surface area contributed by atoms with Gasteiger partial charge in [0.25, 0.3) is 0 Å². The highest BCUT2D eigenvalue weighted by molar-refractivity contribution is 5.85. The zero-order valence-corrected chi connectivity index (χ0v) is 9.41. The summed E-state index contributed by atoms with van der Waals surface area (Å²) in [4.78, 5) is 14.4. The smallest absolute Gasteiger partial charge is 0.422 e. The zero-order valence-electron chi connectivity index (χ0n) is 9.41. The average molecular weight is 268 g/mol. The minimum atomic E-state index is -4.46. The van der Waals surface area contributed by atoms with Crippen molar-refractivity contribution in [2.24, 2.45) is 0 Å². The fraction of sp³-hybridized carbons (Fsp3) is 0.167. The Morgan fingerprint density at radius 3 is 2.74 bits per heavy atom. The van der Waals surface area contributed by atoms with Crippen molar-refractivity contribution in [3.05, 3.63) is 40.2 Å². The number of ether oxygens (including phenoxy) is 1. The summed E-state index contributed by atoms with van der Waals surface area (Å²) in [6.45, 7) is -1.45. The normalized spacial score (nSPS) is 11.3. The van der Waals surface area contributed by atoms with Crippen LogP contribution in [0.1, 0.15) is 5.56 Å². The molecule has 1 N–H and O–H groups in total. The monoisotopic (exact) mass is 268 g/mol. The predicted octanol–water partition coefficient (Wildman–Crippen LogP) is 2.34. The Labute approximate surface area is 105 Å². The van der Waals surface area contributed by atoms with Gasteiger partial charge in [-0.1, -0.05) is 6.07 Å². The predicted molar refractivity (Wildman–Crippen MR) is 60.8 cm³/mol. The van der Waals surface area contributed by atoms with E-state index < -0.39 is 18.2 Å². The van der Waals surface area contributed by atoms with E-state index in [-0.39, 0.29) is 22.2 Å². The fourth-order valence-electron chi connectivity index (χ4n) is 1.59. The highest BCUT2D eigenvalue weighted by Crippen LogP contribution is 2.24. The summed E-state index contributed by atoms with van der Waals surface area (Å²) in [6.07, 6.45) is -3.32. The molecule has 0 atom stereocenters. The van der Waals surface area contributed by atoms with Crippen LogP contribution >= 0.6 is 0 Å². The van der Waals surface area contributed by atoms with Crippen molar-refractivity contribution in [3.63, 3.8) is 0 Å². The number of nitriles is 1. The Bertz CT molecular complexity index is 713. The number of para-hydroxylation sites is 1. The number of rotatable bonds is 2. The number of aromatic nitrogens is 1. The van der Waals surface area contributed by atoms with Crippen LogP contribution < -0.4 is 10.2 Å².